The Hall–Kier alpha value is -2.83. The Morgan fingerprint density at radius 1 is 1.18 bits per heavy atom. The first-order chi connectivity index (χ1) is 16.6. The van der Waals surface area contributed by atoms with E-state index in [0.29, 0.717) is 26.1 Å². The third-order valence-corrected chi connectivity index (χ3v) is 7.25. The Bertz CT molecular complexity index is 1140. The highest BCUT2D eigenvalue weighted by atomic mass is 19.1. The Kier molecular flexibility index (Phi) is 6.61. The minimum atomic E-state index is -0.560. The number of halogens is 1. The highest BCUT2D eigenvalue weighted by Crippen LogP contribution is 2.40. The Morgan fingerprint density at radius 2 is 1.97 bits per heavy atom. The highest BCUT2D eigenvalue weighted by molar-refractivity contribution is 5.85. The molecule has 1 aromatic heterocycles. The molecule has 6 heteroatoms. The lowest BCUT2D eigenvalue weighted by Crippen LogP contribution is -2.35. The average molecular weight is 464 g/mol. The predicted octanol–water partition coefficient (Wildman–Crippen LogP) is 4.82. The number of H-pyrrole nitrogens is 1. The SMILES string of the molecule is C=C(CC)N1CCc2c([nH]c3ccccc23)[C@H]1c1ccc(O[C@H]2CN(CCCF)C[C@@H]2O)cc1. The summed E-state index contributed by atoms with van der Waals surface area (Å²) in [5, 5.41) is 11.7. The van der Waals surface area contributed by atoms with E-state index in [4.69, 9.17) is 4.74 Å². The number of nitrogens with one attached hydrogen (secondary N) is 1. The second-order valence-corrected chi connectivity index (χ2v) is 9.42. The minimum absolute atomic E-state index is 0.0749. The van der Waals surface area contributed by atoms with E-state index >= 15 is 0 Å². The lowest BCUT2D eigenvalue weighted by molar-refractivity contribution is 0.0736. The van der Waals surface area contributed by atoms with Crippen molar-refractivity contribution in [3.63, 3.8) is 0 Å². The van der Waals surface area contributed by atoms with Crippen LogP contribution in [0.15, 0.2) is 60.8 Å². The number of benzene rings is 2. The Morgan fingerprint density at radius 3 is 2.74 bits per heavy atom. The number of aromatic nitrogens is 1. The van der Waals surface area contributed by atoms with E-state index in [1.807, 2.05) is 12.1 Å². The van der Waals surface area contributed by atoms with E-state index in [2.05, 4.69) is 64.7 Å². The number of fused-ring (bicyclic) bond motifs is 3. The molecule has 0 spiro atoms. The molecule has 2 aliphatic rings. The molecular formula is C28H34FN3O2. The summed E-state index contributed by atoms with van der Waals surface area (Å²) in [5.74, 6) is 0.744. The molecular weight excluding hydrogens is 429 g/mol. The van der Waals surface area contributed by atoms with Crippen molar-refractivity contribution in [3.05, 3.63) is 77.6 Å². The predicted molar refractivity (Wildman–Crippen MR) is 134 cm³/mol. The van der Waals surface area contributed by atoms with E-state index in [0.717, 1.165) is 30.8 Å². The van der Waals surface area contributed by atoms with Crippen molar-refractivity contribution in [1.82, 2.24) is 14.8 Å². The van der Waals surface area contributed by atoms with Gasteiger partial charge in [0.1, 0.15) is 18.0 Å². The van der Waals surface area contributed by atoms with Crippen LogP contribution in [0, 0.1) is 0 Å². The molecule has 180 valence electrons. The van der Waals surface area contributed by atoms with E-state index < -0.39 is 6.10 Å². The number of hydrogen-bond donors (Lipinski definition) is 2. The van der Waals surface area contributed by atoms with Crippen molar-refractivity contribution in [3.8, 4) is 5.75 Å². The number of rotatable bonds is 8. The van der Waals surface area contributed by atoms with E-state index in [-0.39, 0.29) is 18.8 Å². The fourth-order valence-corrected chi connectivity index (χ4v) is 5.45. The summed E-state index contributed by atoms with van der Waals surface area (Å²) in [4.78, 5) is 8.18. The highest BCUT2D eigenvalue weighted by Gasteiger charge is 2.34. The van der Waals surface area contributed by atoms with Crippen molar-refractivity contribution in [2.45, 2.75) is 44.4 Å². The smallest absolute Gasteiger partial charge is 0.138 e. The summed E-state index contributed by atoms with van der Waals surface area (Å²) >= 11 is 0. The molecule has 2 N–H and O–H groups in total. The second kappa shape index (κ2) is 9.80. The topological polar surface area (TPSA) is 51.7 Å². The van der Waals surface area contributed by atoms with Crippen molar-refractivity contribution in [2.75, 3.05) is 32.9 Å². The van der Waals surface area contributed by atoms with Crippen molar-refractivity contribution in [2.24, 2.45) is 0 Å². The molecule has 0 radical (unpaired) electrons. The zero-order valence-electron chi connectivity index (χ0n) is 19.8. The molecule has 0 amide bonds. The summed E-state index contributed by atoms with van der Waals surface area (Å²) in [5.41, 5.74) is 6.13. The number of aliphatic hydroxyl groups excluding tert-OH is 1. The summed E-state index contributed by atoms with van der Waals surface area (Å²) in [7, 11) is 0. The monoisotopic (exact) mass is 463 g/mol. The quantitative estimate of drug-likeness (QED) is 0.503. The molecule has 2 aromatic carbocycles. The van der Waals surface area contributed by atoms with Crippen molar-refractivity contribution in [1.29, 1.82) is 0 Å². The normalized spacial score (nSPS) is 22.8. The van der Waals surface area contributed by atoms with Crippen LogP contribution in [-0.4, -0.2) is 65.0 Å². The van der Waals surface area contributed by atoms with Gasteiger partial charge in [0, 0.05) is 48.5 Å². The van der Waals surface area contributed by atoms with Crippen LogP contribution in [0.4, 0.5) is 4.39 Å². The molecule has 5 rings (SSSR count). The number of ether oxygens (including phenoxy) is 1. The van der Waals surface area contributed by atoms with Gasteiger partial charge in [-0.1, -0.05) is 43.8 Å². The summed E-state index contributed by atoms with van der Waals surface area (Å²) in [6.45, 7) is 8.91. The number of β-amino-alcohol motifs (C(OH)–C–C–N with tert-alkyl or cyclic N) is 1. The van der Waals surface area contributed by atoms with Gasteiger partial charge in [0.2, 0.25) is 0 Å². The van der Waals surface area contributed by atoms with Crippen LogP contribution in [0.25, 0.3) is 10.9 Å². The number of alkyl halides is 1. The zero-order valence-corrected chi connectivity index (χ0v) is 19.8. The number of aromatic amines is 1. The Balaban J connectivity index is 1.39. The average Bonchev–Trinajstić information content (AvgIpc) is 3.41. The molecule has 3 aromatic rings. The fourth-order valence-electron chi connectivity index (χ4n) is 5.45. The summed E-state index contributed by atoms with van der Waals surface area (Å²) in [6, 6.07) is 16.8. The molecule has 0 aliphatic carbocycles. The maximum atomic E-state index is 12.5. The van der Waals surface area contributed by atoms with Gasteiger partial charge in [0.15, 0.2) is 0 Å². The molecule has 5 nitrogen and oxygen atoms in total. The fraction of sp³-hybridized carbons (Fsp3) is 0.429. The molecule has 0 bridgehead atoms. The summed E-state index contributed by atoms with van der Waals surface area (Å²) < 4.78 is 18.6. The van der Waals surface area contributed by atoms with Gasteiger partial charge in [-0.25, -0.2) is 0 Å². The Labute approximate surface area is 200 Å². The first-order valence-corrected chi connectivity index (χ1v) is 12.4. The van der Waals surface area contributed by atoms with Crippen molar-refractivity contribution < 1.29 is 14.2 Å². The maximum absolute atomic E-state index is 12.5. The molecule has 3 heterocycles. The molecule has 0 unspecified atom stereocenters. The molecule has 2 aliphatic heterocycles. The standard InChI is InChI=1S/C28H34FN3O2/c1-3-19(2)32-16-13-23-22-7-4-5-8-24(22)30-27(23)28(32)20-9-11-21(12-10-20)34-26-18-31(15-6-14-29)17-25(26)33/h4-5,7-12,25-26,28,30,33H,2-3,6,13-18H2,1H3/t25-,26-,28+/m0/s1. The van der Waals surface area contributed by atoms with Gasteiger partial charge in [-0.2, -0.15) is 0 Å². The minimum Gasteiger partial charge on any atom is -0.486 e. The van der Waals surface area contributed by atoms with Crippen LogP contribution < -0.4 is 4.74 Å². The lowest BCUT2D eigenvalue weighted by atomic mass is 9.91. The van der Waals surface area contributed by atoms with Gasteiger partial charge in [-0.15, -0.1) is 0 Å². The van der Waals surface area contributed by atoms with Crippen LogP contribution in [0.1, 0.15) is 42.6 Å². The number of allylic oxidation sites excluding steroid dienone is 1. The van der Waals surface area contributed by atoms with Crippen molar-refractivity contribution >= 4 is 10.9 Å². The zero-order chi connectivity index (χ0) is 23.7. The number of para-hydroxylation sites is 1. The van der Waals surface area contributed by atoms with Gasteiger partial charge in [-0.05, 0) is 48.6 Å². The summed E-state index contributed by atoms with van der Waals surface area (Å²) in [6.07, 6.45) is 1.54. The van der Waals surface area contributed by atoms with E-state index in [9.17, 15) is 9.50 Å². The van der Waals surface area contributed by atoms with Crippen LogP contribution in [-0.2, 0) is 6.42 Å². The van der Waals surface area contributed by atoms with Crippen LogP contribution in [0.3, 0.4) is 0 Å². The van der Waals surface area contributed by atoms with Gasteiger partial charge in [0.05, 0.1) is 12.7 Å². The van der Waals surface area contributed by atoms with Gasteiger partial charge in [0.25, 0.3) is 0 Å². The van der Waals surface area contributed by atoms with Crippen LogP contribution in [0.5, 0.6) is 5.75 Å². The molecule has 0 saturated carbocycles. The first kappa shape index (κ1) is 22.9. The third kappa shape index (κ3) is 4.32. The van der Waals surface area contributed by atoms with E-state index in [1.54, 1.807) is 0 Å². The van der Waals surface area contributed by atoms with Gasteiger partial charge in [-0.3, -0.25) is 9.29 Å². The molecule has 34 heavy (non-hydrogen) atoms. The second-order valence-electron chi connectivity index (χ2n) is 9.42. The first-order valence-electron chi connectivity index (χ1n) is 12.4. The van der Waals surface area contributed by atoms with Crippen LogP contribution >= 0.6 is 0 Å². The molecule has 1 fully saturated rings. The van der Waals surface area contributed by atoms with Gasteiger partial charge >= 0.3 is 0 Å². The van der Waals surface area contributed by atoms with Gasteiger partial charge < -0.3 is 19.7 Å². The molecule has 1 saturated heterocycles. The lowest BCUT2D eigenvalue weighted by Gasteiger charge is -2.39. The third-order valence-electron chi connectivity index (χ3n) is 7.25. The number of hydrogen-bond acceptors (Lipinski definition) is 4. The van der Waals surface area contributed by atoms with E-state index in [1.165, 1.54) is 27.7 Å². The largest absolute Gasteiger partial charge is 0.486 e. The maximum Gasteiger partial charge on any atom is 0.138 e. The number of aliphatic hydroxyl groups is 1. The number of likely N-dealkylation sites (tertiary alicyclic amines) is 1. The molecule has 3 atom stereocenters. The number of nitrogens with zero attached hydrogens (tertiary/aromatic N) is 2. The van der Waals surface area contributed by atoms with Crippen LogP contribution in [0.2, 0.25) is 0 Å².